The second kappa shape index (κ2) is 1.76. The molecule has 1 spiro atoms. The zero-order valence-electron chi connectivity index (χ0n) is 4.82. The normalized spacial score (nSPS) is 39.0. The van der Waals surface area contributed by atoms with Crippen molar-refractivity contribution in [3.8, 4) is 0 Å². The van der Waals surface area contributed by atoms with Gasteiger partial charge in [0.15, 0.2) is 0 Å². The summed E-state index contributed by atoms with van der Waals surface area (Å²) in [5, 5.41) is 8.94. The van der Waals surface area contributed by atoms with Crippen molar-refractivity contribution in [2.75, 3.05) is 0 Å². The van der Waals surface area contributed by atoms with Crippen LogP contribution in [-0.4, -0.2) is 11.2 Å². The smallest absolute Gasteiger partial charge is 0.426 e. The first-order valence-corrected chi connectivity index (χ1v) is 3.27. The van der Waals surface area contributed by atoms with Gasteiger partial charge in [0.05, 0.1) is 0 Å². The number of hydrogen-bond acceptors (Lipinski definition) is 1. The van der Waals surface area contributed by atoms with Gasteiger partial charge in [0.25, 0.3) is 0 Å². The number of hydrogen-bond donors (Lipinski definition) is 1. The molecule has 2 aliphatic rings. The van der Waals surface area contributed by atoms with Crippen LogP contribution < -0.4 is 18.9 Å². The maximum atomic E-state index is 8.94. The molecule has 2 rings (SSSR count). The molecule has 0 aromatic rings. The molecule has 0 radical (unpaired) electrons. The summed E-state index contributed by atoms with van der Waals surface area (Å²) in [6, 6.07) is 0. The molecular weight excluding hydrogens is 163 g/mol. The van der Waals surface area contributed by atoms with Crippen molar-refractivity contribution in [1.82, 2.24) is 0 Å². The van der Waals surface area contributed by atoms with Crippen LogP contribution >= 0.6 is 15.9 Å². The van der Waals surface area contributed by atoms with Crippen molar-refractivity contribution in [3.63, 3.8) is 0 Å². The van der Waals surface area contributed by atoms with E-state index in [2.05, 4.69) is 15.9 Å². The average Bonchev–Trinajstić information content (AvgIpc) is 2.47. The van der Waals surface area contributed by atoms with Gasteiger partial charge < -0.3 is 21.0 Å². The zero-order chi connectivity index (χ0) is 5.07. The van der Waals surface area contributed by atoms with E-state index in [1.807, 2.05) is 0 Å². The van der Waals surface area contributed by atoms with Gasteiger partial charge in [0.1, 0.15) is 0 Å². The fraction of sp³-hybridized carbons (Fsp3) is 0.800. The average molecular weight is 169 g/mol. The predicted molar refractivity (Wildman–Crippen MR) is 29.8 cm³/mol. The van der Waals surface area contributed by atoms with E-state index in [1.165, 1.54) is 12.8 Å². The second-order valence-corrected chi connectivity index (χ2v) is 3.26. The Morgan fingerprint density at radius 3 is 2.00 bits per heavy atom. The molecule has 0 amide bonds. The standard InChI is InChI=1S/C5H6BrO.Li/c6-3-4(7)5(3)1-2-5;/h4,7H,1-2H2;/q-1;+1. The van der Waals surface area contributed by atoms with Crippen molar-refractivity contribution in [2.45, 2.75) is 18.9 Å². The van der Waals surface area contributed by atoms with Crippen molar-refractivity contribution >= 4 is 15.9 Å². The Kier molecular flexibility index (Phi) is 1.57. The molecule has 40 valence electrons. The minimum atomic E-state index is -0.0903. The van der Waals surface area contributed by atoms with E-state index in [-0.39, 0.29) is 25.0 Å². The molecule has 0 aromatic heterocycles. The molecule has 0 bridgehead atoms. The Balaban J connectivity index is 0.000000320. The molecule has 2 saturated carbocycles. The van der Waals surface area contributed by atoms with Gasteiger partial charge in [-0.05, 0) is 0 Å². The van der Waals surface area contributed by atoms with Gasteiger partial charge in [-0.2, -0.15) is 0 Å². The van der Waals surface area contributed by atoms with Crippen LogP contribution in [-0.2, 0) is 0 Å². The van der Waals surface area contributed by atoms with Gasteiger partial charge in [-0.3, -0.25) is 0 Å². The molecule has 1 unspecified atom stereocenters. The van der Waals surface area contributed by atoms with E-state index in [0.29, 0.717) is 5.41 Å². The van der Waals surface area contributed by atoms with E-state index < -0.39 is 0 Å². The SMILES string of the molecule is OC1[C-](Br)C12CC2.[Li+]. The molecule has 2 fully saturated rings. The molecule has 2 aliphatic carbocycles. The molecule has 1 nitrogen and oxygen atoms in total. The minimum absolute atomic E-state index is 0. The summed E-state index contributed by atoms with van der Waals surface area (Å²) < 4.78 is 0. The summed E-state index contributed by atoms with van der Waals surface area (Å²) in [6.45, 7) is 0. The molecule has 0 saturated heterocycles. The van der Waals surface area contributed by atoms with E-state index in [1.54, 1.807) is 0 Å². The minimum Gasteiger partial charge on any atom is -0.426 e. The Morgan fingerprint density at radius 2 is 2.00 bits per heavy atom. The van der Waals surface area contributed by atoms with Crippen LogP contribution in [0.25, 0.3) is 0 Å². The van der Waals surface area contributed by atoms with Gasteiger partial charge in [-0.15, -0.1) is 5.41 Å². The molecule has 1 N–H and O–H groups in total. The van der Waals surface area contributed by atoms with Gasteiger partial charge in [-0.1, -0.05) is 18.9 Å². The molecule has 8 heavy (non-hydrogen) atoms. The van der Waals surface area contributed by atoms with E-state index in [0.717, 1.165) is 4.83 Å². The quantitative estimate of drug-likeness (QED) is 0.330. The maximum Gasteiger partial charge on any atom is 1.00 e. The van der Waals surface area contributed by atoms with Crippen molar-refractivity contribution in [1.29, 1.82) is 0 Å². The van der Waals surface area contributed by atoms with Crippen LogP contribution in [0.4, 0.5) is 0 Å². The van der Waals surface area contributed by atoms with E-state index in [4.69, 9.17) is 5.11 Å². The fourth-order valence-electron chi connectivity index (χ4n) is 1.01. The monoisotopic (exact) mass is 168 g/mol. The van der Waals surface area contributed by atoms with Crippen LogP contribution in [0.1, 0.15) is 12.8 Å². The van der Waals surface area contributed by atoms with E-state index >= 15 is 0 Å². The molecular formula is C5H6BrLiO. The summed E-state index contributed by atoms with van der Waals surface area (Å²) in [5.41, 5.74) is 0.306. The Morgan fingerprint density at radius 1 is 1.62 bits per heavy atom. The van der Waals surface area contributed by atoms with Crippen LogP contribution in [0.5, 0.6) is 0 Å². The summed E-state index contributed by atoms with van der Waals surface area (Å²) in [5.74, 6) is 0. The molecule has 0 aromatic carbocycles. The number of aliphatic hydroxyl groups is 1. The molecule has 1 atom stereocenters. The first-order valence-electron chi connectivity index (χ1n) is 2.48. The third-order valence-corrected chi connectivity index (χ3v) is 3.17. The second-order valence-electron chi connectivity index (χ2n) is 2.41. The fourth-order valence-corrected chi connectivity index (χ4v) is 1.94. The number of rotatable bonds is 0. The zero-order valence-corrected chi connectivity index (χ0v) is 6.40. The topological polar surface area (TPSA) is 20.2 Å². The first kappa shape index (κ1) is 7.15. The summed E-state index contributed by atoms with van der Waals surface area (Å²) in [4.78, 5) is 1.14. The van der Waals surface area contributed by atoms with E-state index in [9.17, 15) is 0 Å². The number of halogens is 1. The Hall–Kier alpha value is 1.04. The van der Waals surface area contributed by atoms with Crippen LogP contribution in [0, 0.1) is 10.2 Å². The Bertz CT molecular complexity index is 103. The Labute approximate surface area is 69.1 Å². The van der Waals surface area contributed by atoms with Crippen LogP contribution in [0.2, 0.25) is 0 Å². The predicted octanol–water partition coefficient (Wildman–Crippen LogP) is -1.93. The third-order valence-electron chi connectivity index (χ3n) is 1.94. The van der Waals surface area contributed by atoms with Crippen molar-refractivity contribution in [2.24, 2.45) is 5.41 Å². The van der Waals surface area contributed by atoms with Gasteiger partial charge in [0.2, 0.25) is 0 Å². The summed E-state index contributed by atoms with van der Waals surface area (Å²) >= 11 is 3.30. The first-order chi connectivity index (χ1) is 3.27. The van der Waals surface area contributed by atoms with Gasteiger partial charge in [-0.25, -0.2) is 4.83 Å². The molecule has 0 aliphatic heterocycles. The number of aliphatic hydroxyl groups excluding tert-OH is 1. The maximum absolute atomic E-state index is 8.94. The summed E-state index contributed by atoms with van der Waals surface area (Å²) in [6.07, 6.45) is 2.32. The van der Waals surface area contributed by atoms with Gasteiger partial charge >= 0.3 is 18.9 Å². The van der Waals surface area contributed by atoms with Crippen molar-refractivity contribution < 1.29 is 24.0 Å². The molecule has 3 heteroatoms. The third kappa shape index (κ3) is 0.639. The summed E-state index contributed by atoms with van der Waals surface area (Å²) in [7, 11) is 0. The van der Waals surface area contributed by atoms with Crippen LogP contribution in [0.15, 0.2) is 0 Å². The largest absolute Gasteiger partial charge is 1.00 e. The van der Waals surface area contributed by atoms with Crippen LogP contribution in [0.3, 0.4) is 0 Å². The van der Waals surface area contributed by atoms with Gasteiger partial charge in [0, 0.05) is 0 Å². The molecule has 0 heterocycles. The van der Waals surface area contributed by atoms with Crippen molar-refractivity contribution in [3.05, 3.63) is 4.83 Å².